The standard InChI is InChI=1S/C15H14ClN3O3S/c16-13-8-12(6-7-14(13)23(17,21)22)19-10-18(9-15(19)20)11-4-2-1-3-5-11/h1-8H,9-10H2,(H2,17,21,22). The first kappa shape index (κ1) is 15.8. The van der Waals surface area contributed by atoms with E-state index in [9.17, 15) is 13.2 Å². The number of benzene rings is 2. The summed E-state index contributed by atoms with van der Waals surface area (Å²) >= 11 is 5.98. The van der Waals surface area contributed by atoms with E-state index in [1.165, 1.54) is 18.2 Å². The van der Waals surface area contributed by atoms with Gasteiger partial charge >= 0.3 is 0 Å². The molecule has 2 N–H and O–H groups in total. The van der Waals surface area contributed by atoms with Crippen LogP contribution in [-0.4, -0.2) is 27.5 Å². The lowest BCUT2D eigenvalue weighted by molar-refractivity contribution is -0.115. The molecule has 1 heterocycles. The van der Waals surface area contributed by atoms with Crippen LogP contribution in [-0.2, 0) is 14.8 Å². The molecule has 1 saturated heterocycles. The zero-order chi connectivity index (χ0) is 16.6. The summed E-state index contributed by atoms with van der Waals surface area (Å²) in [5, 5.41) is 5.08. The summed E-state index contributed by atoms with van der Waals surface area (Å²) in [6, 6.07) is 13.8. The minimum absolute atomic E-state index is 0.00374. The fourth-order valence-electron chi connectivity index (χ4n) is 2.47. The number of hydrogen-bond donors (Lipinski definition) is 1. The van der Waals surface area contributed by atoms with E-state index in [-0.39, 0.29) is 22.4 Å². The summed E-state index contributed by atoms with van der Waals surface area (Å²) in [5.41, 5.74) is 1.47. The molecule has 2 aromatic carbocycles. The van der Waals surface area contributed by atoms with E-state index < -0.39 is 10.0 Å². The van der Waals surface area contributed by atoms with Crippen LogP contribution in [0.4, 0.5) is 11.4 Å². The van der Waals surface area contributed by atoms with E-state index in [1.54, 1.807) is 4.90 Å². The number of nitrogens with two attached hydrogens (primary N) is 1. The third-order valence-electron chi connectivity index (χ3n) is 3.59. The highest BCUT2D eigenvalue weighted by atomic mass is 35.5. The number of halogens is 1. The van der Waals surface area contributed by atoms with Crippen LogP contribution in [0.5, 0.6) is 0 Å². The van der Waals surface area contributed by atoms with E-state index in [1.807, 2.05) is 35.2 Å². The zero-order valence-corrected chi connectivity index (χ0v) is 13.6. The van der Waals surface area contributed by atoms with Crippen LogP contribution in [0.1, 0.15) is 0 Å². The van der Waals surface area contributed by atoms with Crippen molar-refractivity contribution in [3.63, 3.8) is 0 Å². The van der Waals surface area contributed by atoms with Crippen LogP contribution in [0.15, 0.2) is 53.4 Å². The van der Waals surface area contributed by atoms with Crippen LogP contribution >= 0.6 is 11.6 Å². The van der Waals surface area contributed by atoms with Crippen molar-refractivity contribution < 1.29 is 13.2 Å². The number of carbonyl (C=O) groups is 1. The fraction of sp³-hybridized carbons (Fsp3) is 0.133. The van der Waals surface area contributed by atoms with Crippen molar-refractivity contribution >= 4 is 38.9 Å². The average molecular weight is 352 g/mol. The van der Waals surface area contributed by atoms with Crippen LogP contribution < -0.4 is 14.9 Å². The van der Waals surface area contributed by atoms with Gasteiger partial charge in [-0.15, -0.1) is 0 Å². The first-order chi connectivity index (χ1) is 10.9. The second kappa shape index (κ2) is 5.84. The van der Waals surface area contributed by atoms with Gasteiger partial charge in [-0.3, -0.25) is 9.69 Å². The molecule has 0 aliphatic carbocycles. The van der Waals surface area contributed by atoms with E-state index in [4.69, 9.17) is 16.7 Å². The Hall–Kier alpha value is -2.09. The number of anilines is 2. The summed E-state index contributed by atoms with van der Waals surface area (Å²) in [4.78, 5) is 15.6. The van der Waals surface area contributed by atoms with E-state index in [0.29, 0.717) is 12.4 Å². The lowest BCUT2D eigenvalue weighted by Gasteiger charge is -2.20. The predicted octanol–water partition coefficient (Wildman–Crippen LogP) is 1.80. The van der Waals surface area contributed by atoms with Crippen molar-refractivity contribution in [3.05, 3.63) is 53.6 Å². The first-order valence-corrected chi connectivity index (χ1v) is 8.71. The van der Waals surface area contributed by atoms with Crippen molar-refractivity contribution in [2.75, 3.05) is 23.0 Å². The average Bonchev–Trinajstić information content (AvgIpc) is 2.89. The van der Waals surface area contributed by atoms with Crippen LogP contribution in [0.3, 0.4) is 0 Å². The Labute approximate surface area is 139 Å². The minimum Gasteiger partial charge on any atom is -0.344 e. The Kier molecular flexibility index (Phi) is 4.01. The van der Waals surface area contributed by atoms with Gasteiger partial charge in [-0.2, -0.15) is 0 Å². The number of nitrogens with zero attached hydrogens (tertiary/aromatic N) is 2. The number of rotatable bonds is 3. The maximum absolute atomic E-state index is 12.2. The molecule has 1 fully saturated rings. The number of amides is 1. The van der Waals surface area contributed by atoms with E-state index in [2.05, 4.69) is 0 Å². The maximum Gasteiger partial charge on any atom is 0.248 e. The van der Waals surface area contributed by atoms with Gasteiger partial charge in [-0.1, -0.05) is 29.8 Å². The van der Waals surface area contributed by atoms with Crippen molar-refractivity contribution in [2.24, 2.45) is 5.14 Å². The normalized spacial score (nSPS) is 15.3. The molecule has 3 rings (SSSR count). The zero-order valence-electron chi connectivity index (χ0n) is 12.0. The van der Waals surface area contributed by atoms with Gasteiger partial charge in [0.25, 0.3) is 0 Å². The highest BCUT2D eigenvalue weighted by Crippen LogP contribution is 2.29. The molecular weight excluding hydrogens is 338 g/mol. The summed E-state index contributed by atoms with van der Waals surface area (Å²) in [5.74, 6) is -0.0896. The number of para-hydroxylation sites is 1. The third-order valence-corrected chi connectivity index (χ3v) is 4.99. The molecule has 1 aliphatic rings. The summed E-state index contributed by atoms with van der Waals surface area (Å²) in [7, 11) is -3.89. The molecule has 0 unspecified atom stereocenters. The smallest absolute Gasteiger partial charge is 0.248 e. The molecule has 0 atom stereocenters. The van der Waals surface area contributed by atoms with Crippen LogP contribution in [0.25, 0.3) is 0 Å². The van der Waals surface area contributed by atoms with E-state index >= 15 is 0 Å². The van der Waals surface area contributed by atoms with Crippen LogP contribution in [0.2, 0.25) is 5.02 Å². The second-order valence-electron chi connectivity index (χ2n) is 5.16. The fourth-order valence-corrected chi connectivity index (χ4v) is 3.56. The molecule has 8 heteroatoms. The molecule has 6 nitrogen and oxygen atoms in total. The van der Waals surface area contributed by atoms with Gasteiger partial charge in [0, 0.05) is 11.4 Å². The molecule has 120 valence electrons. The van der Waals surface area contributed by atoms with Gasteiger partial charge in [-0.25, -0.2) is 13.6 Å². The van der Waals surface area contributed by atoms with Gasteiger partial charge in [0.1, 0.15) is 4.90 Å². The Bertz CT molecular complexity index is 856. The number of hydrogen-bond acceptors (Lipinski definition) is 4. The SMILES string of the molecule is NS(=O)(=O)c1ccc(N2CN(c3ccccc3)CC2=O)cc1Cl. The summed E-state index contributed by atoms with van der Waals surface area (Å²) < 4.78 is 22.8. The maximum atomic E-state index is 12.2. The second-order valence-corrected chi connectivity index (χ2v) is 7.09. The molecule has 1 aliphatic heterocycles. The Balaban J connectivity index is 1.88. The van der Waals surface area contributed by atoms with Gasteiger partial charge in [0.2, 0.25) is 15.9 Å². The molecule has 2 aromatic rings. The molecule has 0 radical (unpaired) electrons. The predicted molar refractivity (Wildman–Crippen MR) is 89.0 cm³/mol. The van der Waals surface area contributed by atoms with Crippen molar-refractivity contribution in [1.82, 2.24) is 0 Å². The molecule has 0 saturated carbocycles. The van der Waals surface area contributed by atoms with Gasteiger partial charge in [0.15, 0.2) is 0 Å². The molecule has 23 heavy (non-hydrogen) atoms. The Morgan fingerprint density at radius 3 is 2.35 bits per heavy atom. The molecular formula is C15H14ClN3O3S. The molecule has 0 bridgehead atoms. The third kappa shape index (κ3) is 3.17. The monoisotopic (exact) mass is 351 g/mol. The highest BCUT2D eigenvalue weighted by molar-refractivity contribution is 7.89. The Morgan fingerprint density at radius 2 is 1.74 bits per heavy atom. The van der Waals surface area contributed by atoms with Gasteiger partial charge < -0.3 is 4.90 Å². The Morgan fingerprint density at radius 1 is 1.04 bits per heavy atom. The minimum atomic E-state index is -3.89. The van der Waals surface area contributed by atoms with Crippen LogP contribution in [0, 0.1) is 0 Å². The molecule has 0 aromatic heterocycles. The summed E-state index contributed by atoms with van der Waals surface area (Å²) in [6.45, 7) is 0.618. The number of carbonyl (C=O) groups excluding carboxylic acids is 1. The highest BCUT2D eigenvalue weighted by Gasteiger charge is 2.29. The number of primary sulfonamides is 1. The quantitative estimate of drug-likeness (QED) is 0.913. The lowest BCUT2D eigenvalue weighted by Crippen LogP contribution is -2.27. The summed E-state index contributed by atoms with van der Waals surface area (Å²) in [6.07, 6.45) is 0. The van der Waals surface area contributed by atoms with E-state index in [0.717, 1.165) is 5.69 Å². The van der Waals surface area contributed by atoms with Crippen molar-refractivity contribution in [1.29, 1.82) is 0 Å². The molecule has 0 spiro atoms. The first-order valence-electron chi connectivity index (χ1n) is 6.79. The van der Waals surface area contributed by atoms with Gasteiger partial charge in [-0.05, 0) is 30.3 Å². The molecule has 1 amide bonds. The number of sulfonamides is 1. The topological polar surface area (TPSA) is 83.7 Å². The largest absolute Gasteiger partial charge is 0.344 e. The van der Waals surface area contributed by atoms with Crippen molar-refractivity contribution in [2.45, 2.75) is 4.90 Å². The van der Waals surface area contributed by atoms with Gasteiger partial charge in [0.05, 0.1) is 18.2 Å². The van der Waals surface area contributed by atoms with Crippen molar-refractivity contribution in [3.8, 4) is 0 Å². The lowest BCUT2D eigenvalue weighted by atomic mass is 10.3.